The Morgan fingerprint density at radius 2 is 2.00 bits per heavy atom. The lowest BCUT2D eigenvalue weighted by Gasteiger charge is -2.23. The molecule has 0 bridgehead atoms. The van der Waals surface area contributed by atoms with Crippen molar-refractivity contribution in [3.8, 4) is 0 Å². The molecular formula is C15H24N2O2. The quantitative estimate of drug-likeness (QED) is 0.795. The number of benzene rings is 1. The van der Waals surface area contributed by atoms with Crippen LogP contribution in [0.3, 0.4) is 0 Å². The average Bonchev–Trinajstić information content (AvgIpc) is 2.38. The molecule has 0 heterocycles. The van der Waals surface area contributed by atoms with Crippen LogP contribution in [0.15, 0.2) is 24.3 Å². The van der Waals surface area contributed by atoms with Crippen molar-refractivity contribution in [3.63, 3.8) is 0 Å². The van der Waals surface area contributed by atoms with Crippen molar-refractivity contribution >= 4 is 11.6 Å². The summed E-state index contributed by atoms with van der Waals surface area (Å²) in [5.74, 6) is -0.0281. The van der Waals surface area contributed by atoms with Gasteiger partial charge in [0.1, 0.15) is 0 Å². The van der Waals surface area contributed by atoms with Gasteiger partial charge in [0.15, 0.2) is 0 Å². The molecule has 0 unspecified atom stereocenters. The Labute approximate surface area is 115 Å². The number of hydrogen-bond donors (Lipinski definition) is 2. The summed E-state index contributed by atoms with van der Waals surface area (Å²) in [7, 11) is 0. The molecular weight excluding hydrogens is 240 g/mol. The van der Waals surface area contributed by atoms with Crippen LogP contribution in [0.1, 0.15) is 37.6 Å². The number of hydrogen-bond acceptors (Lipinski definition) is 3. The Kier molecular flexibility index (Phi) is 6.36. The number of nitrogens with zero attached hydrogens (tertiary/aromatic N) is 1. The summed E-state index contributed by atoms with van der Waals surface area (Å²) >= 11 is 0. The van der Waals surface area contributed by atoms with E-state index in [0.717, 1.165) is 12.1 Å². The largest absolute Gasteiger partial charge is 0.395 e. The topological polar surface area (TPSA) is 52.6 Å². The molecule has 0 fully saturated rings. The van der Waals surface area contributed by atoms with E-state index >= 15 is 0 Å². The van der Waals surface area contributed by atoms with Crippen molar-refractivity contribution in [2.45, 2.75) is 33.2 Å². The van der Waals surface area contributed by atoms with E-state index in [0.29, 0.717) is 18.7 Å². The first-order valence-electron chi connectivity index (χ1n) is 6.85. The van der Waals surface area contributed by atoms with Crippen LogP contribution in [0.5, 0.6) is 0 Å². The molecule has 0 saturated heterocycles. The van der Waals surface area contributed by atoms with E-state index in [1.54, 1.807) is 4.90 Å². The van der Waals surface area contributed by atoms with Crippen LogP contribution in [0, 0.1) is 0 Å². The van der Waals surface area contributed by atoms with Gasteiger partial charge in [-0.3, -0.25) is 4.79 Å². The molecule has 2 N–H and O–H groups in total. The van der Waals surface area contributed by atoms with E-state index in [1.165, 1.54) is 0 Å². The molecule has 19 heavy (non-hydrogen) atoms. The van der Waals surface area contributed by atoms with Crippen molar-refractivity contribution < 1.29 is 9.90 Å². The third kappa shape index (κ3) is 4.56. The second kappa shape index (κ2) is 7.79. The molecule has 1 amide bonds. The highest BCUT2D eigenvalue weighted by Crippen LogP contribution is 2.18. The summed E-state index contributed by atoms with van der Waals surface area (Å²) in [4.78, 5) is 14.2. The van der Waals surface area contributed by atoms with E-state index in [-0.39, 0.29) is 18.6 Å². The Morgan fingerprint density at radius 1 is 1.32 bits per heavy atom. The van der Waals surface area contributed by atoms with Gasteiger partial charge >= 0.3 is 0 Å². The molecule has 0 atom stereocenters. The van der Waals surface area contributed by atoms with Gasteiger partial charge in [-0.25, -0.2) is 0 Å². The Hall–Kier alpha value is -1.55. The Morgan fingerprint density at radius 3 is 2.58 bits per heavy atom. The summed E-state index contributed by atoms with van der Waals surface area (Å²) in [5, 5.41) is 12.3. The van der Waals surface area contributed by atoms with Gasteiger partial charge in [-0.2, -0.15) is 0 Å². The van der Waals surface area contributed by atoms with Gasteiger partial charge in [-0.05, 0) is 32.4 Å². The van der Waals surface area contributed by atoms with Gasteiger partial charge in [-0.1, -0.05) is 19.1 Å². The summed E-state index contributed by atoms with van der Waals surface area (Å²) in [6.45, 7) is 7.14. The van der Waals surface area contributed by atoms with Gasteiger partial charge in [-0.15, -0.1) is 0 Å². The molecule has 0 aliphatic heterocycles. The van der Waals surface area contributed by atoms with Crippen molar-refractivity contribution in [3.05, 3.63) is 29.8 Å². The SMILES string of the molecule is CCCN(CCO)C(=O)c1ccccc1NC(C)C. The summed E-state index contributed by atoms with van der Waals surface area (Å²) in [6.07, 6.45) is 0.880. The highest BCUT2D eigenvalue weighted by Gasteiger charge is 2.17. The van der Waals surface area contributed by atoms with Gasteiger partial charge < -0.3 is 15.3 Å². The van der Waals surface area contributed by atoms with Gasteiger partial charge in [0.2, 0.25) is 0 Å². The molecule has 1 aromatic carbocycles. The fraction of sp³-hybridized carbons (Fsp3) is 0.533. The fourth-order valence-corrected chi connectivity index (χ4v) is 1.98. The minimum Gasteiger partial charge on any atom is -0.395 e. The van der Waals surface area contributed by atoms with Crippen molar-refractivity contribution in [2.75, 3.05) is 25.0 Å². The van der Waals surface area contributed by atoms with Gasteiger partial charge in [0.05, 0.1) is 12.2 Å². The van der Waals surface area contributed by atoms with Crippen LogP contribution >= 0.6 is 0 Å². The molecule has 106 valence electrons. The fourth-order valence-electron chi connectivity index (χ4n) is 1.98. The Balaban J connectivity index is 2.96. The number of nitrogens with one attached hydrogen (secondary N) is 1. The van der Waals surface area contributed by atoms with Crippen LogP contribution in [0.4, 0.5) is 5.69 Å². The minimum absolute atomic E-state index is 0.00842. The molecule has 1 aromatic rings. The van der Waals surface area contributed by atoms with Crippen LogP contribution in [-0.2, 0) is 0 Å². The molecule has 0 saturated carbocycles. The van der Waals surface area contributed by atoms with Crippen molar-refractivity contribution in [1.82, 2.24) is 4.90 Å². The predicted molar refractivity (Wildman–Crippen MR) is 78.5 cm³/mol. The van der Waals surface area contributed by atoms with Crippen LogP contribution in [-0.4, -0.2) is 41.7 Å². The van der Waals surface area contributed by atoms with E-state index in [4.69, 9.17) is 5.11 Å². The number of aliphatic hydroxyl groups excluding tert-OH is 1. The van der Waals surface area contributed by atoms with Gasteiger partial charge in [0.25, 0.3) is 5.91 Å². The molecule has 0 aromatic heterocycles. The lowest BCUT2D eigenvalue weighted by atomic mass is 10.1. The zero-order valence-electron chi connectivity index (χ0n) is 12.0. The zero-order chi connectivity index (χ0) is 14.3. The summed E-state index contributed by atoms with van der Waals surface area (Å²) < 4.78 is 0. The molecule has 4 heteroatoms. The van der Waals surface area contributed by atoms with Crippen LogP contribution in [0.2, 0.25) is 0 Å². The number of para-hydroxylation sites is 1. The third-order valence-corrected chi connectivity index (χ3v) is 2.75. The maximum atomic E-state index is 12.5. The number of aliphatic hydroxyl groups is 1. The Bertz CT molecular complexity index is 399. The number of amides is 1. The average molecular weight is 264 g/mol. The lowest BCUT2D eigenvalue weighted by Crippen LogP contribution is -2.34. The monoisotopic (exact) mass is 264 g/mol. The molecule has 1 rings (SSSR count). The summed E-state index contributed by atoms with van der Waals surface area (Å²) in [5.41, 5.74) is 1.51. The second-order valence-corrected chi connectivity index (χ2v) is 4.86. The minimum atomic E-state index is -0.0281. The number of rotatable bonds is 7. The van der Waals surface area contributed by atoms with E-state index in [1.807, 2.05) is 45.0 Å². The second-order valence-electron chi connectivity index (χ2n) is 4.86. The summed E-state index contributed by atoms with van der Waals surface area (Å²) in [6, 6.07) is 7.79. The molecule has 4 nitrogen and oxygen atoms in total. The van der Waals surface area contributed by atoms with Crippen molar-refractivity contribution in [2.24, 2.45) is 0 Å². The first-order chi connectivity index (χ1) is 9.10. The molecule has 0 spiro atoms. The van der Waals surface area contributed by atoms with Crippen molar-refractivity contribution in [1.29, 1.82) is 0 Å². The first-order valence-corrected chi connectivity index (χ1v) is 6.85. The highest BCUT2D eigenvalue weighted by atomic mass is 16.3. The maximum absolute atomic E-state index is 12.5. The predicted octanol–water partition coefficient (Wildman–Crippen LogP) is 2.35. The van der Waals surface area contributed by atoms with Gasteiger partial charge in [0, 0.05) is 24.8 Å². The smallest absolute Gasteiger partial charge is 0.256 e. The number of carbonyl (C=O) groups is 1. The first kappa shape index (κ1) is 15.5. The highest BCUT2D eigenvalue weighted by molar-refractivity contribution is 5.99. The van der Waals surface area contributed by atoms with Crippen LogP contribution in [0.25, 0.3) is 0 Å². The number of carbonyl (C=O) groups excluding carboxylic acids is 1. The van der Waals surface area contributed by atoms with Crippen LogP contribution < -0.4 is 5.32 Å². The molecule has 0 radical (unpaired) electrons. The molecule has 0 aliphatic rings. The van der Waals surface area contributed by atoms with E-state index in [2.05, 4.69) is 5.32 Å². The zero-order valence-corrected chi connectivity index (χ0v) is 12.0. The third-order valence-electron chi connectivity index (χ3n) is 2.75. The number of anilines is 1. The maximum Gasteiger partial charge on any atom is 0.256 e. The lowest BCUT2D eigenvalue weighted by molar-refractivity contribution is 0.0723. The normalized spacial score (nSPS) is 10.6. The standard InChI is InChI=1S/C15H24N2O2/c1-4-9-17(10-11-18)15(19)13-7-5-6-8-14(13)16-12(2)3/h5-8,12,16,18H,4,9-11H2,1-3H3. The van der Waals surface area contributed by atoms with E-state index < -0.39 is 0 Å². The molecule has 0 aliphatic carbocycles. The van der Waals surface area contributed by atoms with E-state index in [9.17, 15) is 4.79 Å².